The third-order valence-electron chi connectivity index (χ3n) is 9.88. The van der Waals surface area contributed by atoms with Gasteiger partial charge in [0.1, 0.15) is 5.78 Å². The Bertz CT molecular complexity index is 1640. The van der Waals surface area contributed by atoms with Gasteiger partial charge in [-0.15, -0.1) is 5.11 Å². The number of carbonyl (C=O) groups excluding carboxylic acids is 3. The van der Waals surface area contributed by atoms with Gasteiger partial charge in [0.2, 0.25) is 5.91 Å². The molecule has 3 aliphatic rings. The molecular formula is C38H45N7O3. The fourth-order valence-electron chi connectivity index (χ4n) is 6.90. The highest BCUT2D eigenvalue weighted by Gasteiger charge is 2.30. The number of hydrogen-bond donors (Lipinski definition) is 4. The van der Waals surface area contributed by atoms with Crippen molar-refractivity contribution in [1.29, 1.82) is 0 Å². The summed E-state index contributed by atoms with van der Waals surface area (Å²) in [5.41, 5.74) is 10.9. The van der Waals surface area contributed by atoms with Crippen LogP contribution in [0.15, 0.2) is 88.0 Å². The number of nitrogens with two attached hydrogens (primary N) is 1. The maximum absolute atomic E-state index is 13.7. The Labute approximate surface area is 282 Å². The fourth-order valence-corrected chi connectivity index (χ4v) is 6.90. The summed E-state index contributed by atoms with van der Waals surface area (Å²) in [5.74, 6) is 0.439. The molecule has 0 bridgehead atoms. The van der Waals surface area contributed by atoms with Gasteiger partial charge in [-0.2, -0.15) is 5.11 Å². The van der Waals surface area contributed by atoms with Crippen LogP contribution < -0.4 is 21.7 Å². The molecule has 2 aliphatic heterocycles. The van der Waals surface area contributed by atoms with Gasteiger partial charge in [-0.05, 0) is 124 Å². The van der Waals surface area contributed by atoms with Crippen LogP contribution in [0.2, 0.25) is 0 Å². The fraction of sp³-hybridized carbons (Fsp3) is 0.421. The molecule has 2 amide bonds. The number of piperidine rings is 1. The number of amides is 2. The minimum Gasteiger partial charge on any atom is -0.349 e. The molecule has 1 atom stereocenters. The predicted octanol–water partition coefficient (Wildman–Crippen LogP) is 5.53. The topological polar surface area (TPSA) is 150 Å². The molecule has 0 radical (unpaired) electrons. The van der Waals surface area contributed by atoms with Crippen LogP contribution in [0.5, 0.6) is 0 Å². The third kappa shape index (κ3) is 8.67. The van der Waals surface area contributed by atoms with Crippen molar-refractivity contribution in [3.63, 3.8) is 0 Å². The lowest BCUT2D eigenvalue weighted by atomic mass is 9.77. The van der Waals surface area contributed by atoms with Gasteiger partial charge in [-0.25, -0.2) is 4.99 Å². The maximum Gasteiger partial charge on any atom is 0.251 e. The molecule has 2 heterocycles. The van der Waals surface area contributed by atoms with Gasteiger partial charge in [0, 0.05) is 41.1 Å². The predicted molar refractivity (Wildman–Crippen MR) is 188 cm³/mol. The van der Waals surface area contributed by atoms with E-state index in [0.717, 1.165) is 73.9 Å². The molecule has 6 rings (SSSR count). The number of ketones is 1. The van der Waals surface area contributed by atoms with Gasteiger partial charge < -0.3 is 21.7 Å². The first-order valence-electron chi connectivity index (χ1n) is 17.2. The number of aliphatic imine (C=N–C) groups is 1. The normalized spacial score (nSPS) is 20.1. The number of azo groups is 1. The van der Waals surface area contributed by atoms with E-state index in [2.05, 4.69) is 31.2 Å². The standard InChI is InChI=1S/C38H45N7O3/c39-23-26-6-10-28(11-7-26)35(46)22-32(38(48)43-33-14-12-29(13-15-33)36-41-24-42-45-36)20-25-4-8-27(9-5-25)30-2-1-3-31(21-30)37(47)44-34-16-18-40-19-17-34/h1-5,8-9,12-15,21,26,28,32,34,40H,6-7,10-11,16-20,22-24,39H2,(H,43,48)(H,44,47)/t26?,28?,32-/m1/s1. The van der Waals surface area contributed by atoms with Crippen molar-refractivity contribution in [2.24, 2.45) is 38.7 Å². The van der Waals surface area contributed by atoms with Crippen molar-refractivity contribution in [2.45, 2.75) is 57.4 Å². The van der Waals surface area contributed by atoms with E-state index >= 15 is 0 Å². The van der Waals surface area contributed by atoms with Crippen molar-refractivity contribution in [3.05, 3.63) is 89.5 Å². The Morgan fingerprint density at radius 3 is 2.27 bits per heavy atom. The van der Waals surface area contributed by atoms with Gasteiger partial charge in [-0.3, -0.25) is 14.4 Å². The quantitative estimate of drug-likeness (QED) is 0.204. The van der Waals surface area contributed by atoms with E-state index in [4.69, 9.17) is 5.73 Å². The van der Waals surface area contributed by atoms with Crippen LogP contribution in [-0.2, 0) is 16.0 Å². The molecule has 1 saturated heterocycles. The summed E-state index contributed by atoms with van der Waals surface area (Å²) in [6, 6.07) is 23.3. The van der Waals surface area contributed by atoms with Crippen molar-refractivity contribution in [2.75, 3.05) is 31.6 Å². The number of rotatable bonds is 12. The van der Waals surface area contributed by atoms with E-state index in [-0.39, 0.29) is 36.0 Å². The van der Waals surface area contributed by atoms with Crippen LogP contribution in [0.4, 0.5) is 5.69 Å². The second kappa shape index (κ2) is 16.0. The number of anilines is 1. The summed E-state index contributed by atoms with van der Waals surface area (Å²) >= 11 is 0. The van der Waals surface area contributed by atoms with Crippen LogP contribution in [0, 0.1) is 17.8 Å². The molecule has 10 heteroatoms. The first-order valence-corrected chi connectivity index (χ1v) is 17.2. The van der Waals surface area contributed by atoms with Crippen molar-refractivity contribution >= 4 is 29.1 Å². The Morgan fingerprint density at radius 2 is 1.58 bits per heavy atom. The molecule has 0 unspecified atom stereocenters. The Balaban J connectivity index is 1.14. The number of Topliss-reactive ketones (excluding diaryl/α,β-unsaturated/α-hetero) is 1. The van der Waals surface area contributed by atoms with Crippen LogP contribution in [0.25, 0.3) is 11.1 Å². The second-order valence-corrected chi connectivity index (χ2v) is 13.2. The average Bonchev–Trinajstić information content (AvgIpc) is 3.68. The molecule has 1 saturated carbocycles. The lowest BCUT2D eigenvalue weighted by Gasteiger charge is -2.27. The smallest absolute Gasteiger partial charge is 0.251 e. The lowest BCUT2D eigenvalue weighted by molar-refractivity contribution is -0.129. The van der Waals surface area contributed by atoms with Gasteiger partial charge in [0.15, 0.2) is 12.5 Å². The molecule has 0 aromatic heterocycles. The SMILES string of the molecule is NCC1CCC(C(=O)C[C@@H](Cc2ccc(-c3cccc(C(=O)NC4CCNCC4)c3)cc2)C(=O)Nc2ccc(C3=NCN=N3)cc2)CC1. The summed E-state index contributed by atoms with van der Waals surface area (Å²) in [4.78, 5) is 44.5. The molecule has 0 spiro atoms. The molecule has 3 aromatic rings. The highest BCUT2D eigenvalue weighted by Crippen LogP contribution is 2.31. The van der Waals surface area contributed by atoms with Crippen LogP contribution in [-0.4, -0.2) is 55.8 Å². The van der Waals surface area contributed by atoms with Gasteiger partial charge in [-0.1, -0.05) is 36.4 Å². The molecule has 250 valence electrons. The number of carbonyl (C=O) groups is 3. The van der Waals surface area contributed by atoms with E-state index in [0.29, 0.717) is 42.6 Å². The summed E-state index contributed by atoms with van der Waals surface area (Å²) in [5, 5.41) is 17.5. The number of amidine groups is 1. The zero-order valence-corrected chi connectivity index (χ0v) is 27.4. The number of nitrogens with zero attached hydrogens (tertiary/aromatic N) is 3. The van der Waals surface area contributed by atoms with Gasteiger partial charge in [0.05, 0.1) is 0 Å². The van der Waals surface area contributed by atoms with E-state index in [9.17, 15) is 14.4 Å². The first-order chi connectivity index (χ1) is 23.4. The van der Waals surface area contributed by atoms with Crippen LogP contribution in [0.1, 0.15) is 66.4 Å². The highest BCUT2D eigenvalue weighted by atomic mass is 16.2. The third-order valence-corrected chi connectivity index (χ3v) is 9.88. The second-order valence-electron chi connectivity index (χ2n) is 13.2. The Hall–Kier alpha value is -4.54. The zero-order valence-electron chi connectivity index (χ0n) is 27.4. The molecule has 3 aromatic carbocycles. The van der Waals surface area contributed by atoms with Crippen LogP contribution >= 0.6 is 0 Å². The number of hydrogen-bond acceptors (Lipinski definition) is 8. The Morgan fingerprint density at radius 1 is 0.854 bits per heavy atom. The highest BCUT2D eigenvalue weighted by molar-refractivity contribution is 6.01. The lowest BCUT2D eigenvalue weighted by Crippen LogP contribution is -2.42. The van der Waals surface area contributed by atoms with Crippen LogP contribution in [0.3, 0.4) is 0 Å². The number of nitrogens with one attached hydrogen (secondary N) is 3. The summed E-state index contributed by atoms with van der Waals surface area (Å²) in [6.07, 6.45) is 6.08. The van der Waals surface area contributed by atoms with Gasteiger partial charge >= 0.3 is 0 Å². The van der Waals surface area contributed by atoms with E-state index in [1.165, 1.54) is 0 Å². The van der Waals surface area contributed by atoms with E-state index < -0.39 is 5.92 Å². The van der Waals surface area contributed by atoms with E-state index in [1.807, 2.05) is 72.8 Å². The van der Waals surface area contributed by atoms with Crippen molar-refractivity contribution < 1.29 is 14.4 Å². The number of benzene rings is 3. The molecule has 48 heavy (non-hydrogen) atoms. The summed E-state index contributed by atoms with van der Waals surface area (Å²) in [7, 11) is 0. The molecule has 1 aliphatic carbocycles. The minimum atomic E-state index is -0.523. The molecule has 10 nitrogen and oxygen atoms in total. The van der Waals surface area contributed by atoms with E-state index in [1.54, 1.807) is 0 Å². The zero-order chi connectivity index (χ0) is 33.3. The first kappa shape index (κ1) is 33.4. The molecule has 2 fully saturated rings. The summed E-state index contributed by atoms with van der Waals surface area (Å²) in [6.45, 7) is 2.83. The van der Waals surface area contributed by atoms with Crippen molar-refractivity contribution in [3.8, 4) is 11.1 Å². The average molecular weight is 648 g/mol. The van der Waals surface area contributed by atoms with Gasteiger partial charge in [0.25, 0.3) is 5.91 Å². The Kier molecular flexibility index (Phi) is 11.1. The molecule has 5 N–H and O–H groups in total. The summed E-state index contributed by atoms with van der Waals surface area (Å²) < 4.78 is 0. The monoisotopic (exact) mass is 647 g/mol. The minimum absolute atomic E-state index is 0.0228. The maximum atomic E-state index is 13.7. The largest absolute Gasteiger partial charge is 0.349 e. The molecular weight excluding hydrogens is 602 g/mol. The van der Waals surface area contributed by atoms with Crippen molar-refractivity contribution in [1.82, 2.24) is 10.6 Å².